The molecule has 0 saturated carbocycles. The van der Waals surface area contributed by atoms with Crippen LogP contribution < -0.4 is 10.2 Å². The predicted octanol–water partition coefficient (Wildman–Crippen LogP) is 3.34. The van der Waals surface area contributed by atoms with E-state index in [-0.39, 0.29) is 11.0 Å². The number of carbonyl (C=O) groups is 1. The van der Waals surface area contributed by atoms with Gasteiger partial charge in [0.1, 0.15) is 19.5 Å². The average molecular weight is 443 g/mol. The van der Waals surface area contributed by atoms with Crippen molar-refractivity contribution >= 4 is 51.1 Å². The van der Waals surface area contributed by atoms with Crippen molar-refractivity contribution in [2.75, 3.05) is 30.4 Å². The molecule has 3 heterocycles. The van der Waals surface area contributed by atoms with Crippen LogP contribution in [0.3, 0.4) is 0 Å². The second kappa shape index (κ2) is 8.75. The van der Waals surface area contributed by atoms with Crippen LogP contribution in [-0.2, 0) is 0 Å². The van der Waals surface area contributed by atoms with Crippen molar-refractivity contribution in [3.63, 3.8) is 0 Å². The highest BCUT2D eigenvalue weighted by Gasteiger charge is 2.35. The highest BCUT2D eigenvalue weighted by Crippen LogP contribution is 2.31. The molecule has 6 nitrogen and oxygen atoms in total. The topological polar surface area (TPSA) is 61.4 Å². The molecular weight excluding hydrogens is 416 g/mol. The van der Waals surface area contributed by atoms with Gasteiger partial charge in [-0.2, -0.15) is 0 Å². The van der Waals surface area contributed by atoms with Crippen LogP contribution in [-0.4, -0.2) is 53.8 Å². The number of hydrogen-bond acceptors (Lipinski definition) is 5. The number of pyridine rings is 2. The zero-order valence-corrected chi connectivity index (χ0v) is 19.8. The molecule has 4 rings (SSSR count). The standard InChI is InChI=1S/C24H27BN5OP/c1-4-20(29(3)5-2)16-6-7-18-13-27-21(11-19(18)10-16)28-23(31)17-8-9-26-22(12-17)30-14-24(25,32)15-30/h4-13H,2,14-15,25,32H2,1,3H3,(H,27,28,31)/b20-4-. The summed E-state index contributed by atoms with van der Waals surface area (Å²) in [5, 5.41) is 5.14. The summed E-state index contributed by atoms with van der Waals surface area (Å²) in [6, 6.07) is 11.6. The third-order valence-electron chi connectivity index (χ3n) is 5.62. The minimum Gasteiger partial charge on any atom is -0.356 e. The molecule has 1 aliphatic rings. The van der Waals surface area contributed by atoms with E-state index < -0.39 is 0 Å². The molecule has 1 aliphatic heterocycles. The lowest BCUT2D eigenvalue weighted by molar-refractivity contribution is 0.102. The Morgan fingerprint density at radius 3 is 2.69 bits per heavy atom. The lowest BCUT2D eigenvalue weighted by Gasteiger charge is -2.46. The van der Waals surface area contributed by atoms with E-state index in [1.807, 2.05) is 43.1 Å². The summed E-state index contributed by atoms with van der Waals surface area (Å²) in [5.74, 6) is 1.13. The first-order valence-electron chi connectivity index (χ1n) is 10.5. The van der Waals surface area contributed by atoms with Gasteiger partial charge in [-0.05, 0) is 53.4 Å². The molecule has 162 valence electrons. The van der Waals surface area contributed by atoms with Crippen LogP contribution in [0.25, 0.3) is 16.5 Å². The van der Waals surface area contributed by atoms with Gasteiger partial charge < -0.3 is 15.1 Å². The number of amides is 1. The number of nitrogens with zero attached hydrogens (tertiary/aromatic N) is 4. The SMILES string of the molecule is BC1(P)CN(c2cc(C(=O)Nc3cc4cc(/C(=C/C)N(C)C=C)ccc4cn3)ccn2)C1. The summed E-state index contributed by atoms with van der Waals surface area (Å²) in [5.41, 5.74) is 2.69. The Labute approximate surface area is 192 Å². The number of fused-ring (bicyclic) bond motifs is 1. The fraction of sp³-hybridized carbons (Fsp3) is 0.208. The third-order valence-corrected chi connectivity index (χ3v) is 5.99. The third kappa shape index (κ3) is 4.53. The van der Waals surface area contributed by atoms with Crippen LogP contribution in [0.15, 0.2) is 67.6 Å². The average Bonchev–Trinajstić information content (AvgIpc) is 2.77. The van der Waals surface area contributed by atoms with E-state index in [4.69, 9.17) is 0 Å². The number of hydrogen-bond donors (Lipinski definition) is 1. The molecular formula is C24H27BN5OP. The Morgan fingerprint density at radius 2 is 2.00 bits per heavy atom. The first-order valence-corrected chi connectivity index (χ1v) is 11.1. The molecule has 0 bridgehead atoms. The quantitative estimate of drug-likeness (QED) is 0.468. The molecule has 1 atom stereocenters. The fourth-order valence-corrected chi connectivity index (χ4v) is 4.39. The monoisotopic (exact) mass is 443 g/mol. The van der Waals surface area contributed by atoms with E-state index in [1.165, 1.54) is 0 Å². The fourth-order valence-electron chi connectivity index (χ4n) is 3.95. The lowest BCUT2D eigenvalue weighted by atomic mass is 9.79. The van der Waals surface area contributed by atoms with Crippen molar-refractivity contribution in [2.45, 2.75) is 12.0 Å². The van der Waals surface area contributed by atoms with Crippen LogP contribution in [0, 0.1) is 0 Å². The molecule has 8 heteroatoms. The van der Waals surface area contributed by atoms with E-state index in [9.17, 15) is 4.79 Å². The number of anilines is 2. The molecule has 1 N–H and O–H groups in total. The Bertz CT molecular complexity index is 1220. The van der Waals surface area contributed by atoms with Gasteiger partial charge in [0.15, 0.2) is 0 Å². The minimum atomic E-state index is -0.202. The molecule has 32 heavy (non-hydrogen) atoms. The van der Waals surface area contributed by atoms with Gasteiger partial charge in [-0.15, -0.1) is 9.24 Å². The van der Waals surface area contributed by atoms with Crippen molar-refractivity contribution in [2.24, 2.45) is 0 Å². The van der Waals surface area contributed by atoms with Crippen LogP contribution in [0.5, 0.6) is 0 Å². The first-order chi connectivity index (χ1) is 15.3. The zero-order valence-electron chi connectivity index (χ0n) is 18.7. The summed E-state index contributed by atoms with van der Waals surface area (Å²) in [6.45, 7) is 7.65. The minimum absolute atomic E-state index is 0.202. The van der Waals surface area contributed by atoms with Crippen molar-refractivity contribution in [1.29, 1.82) is 0 Å². The molecule has 2 aromatic heterocycles. The van der Waals surface area contributed by atoms with E-state index in [1.54, 1.807) is 24.7 Å². The number of carbonyl (C=O) groups excluding carboxylic acids is 1. The summed E-state index contributed by atoms with van der Waals surface area (Å²) in [4.78, 5) is 25.9. The van der Waals surface area contributed by atoms with Gasteiger partial charge in [-0.3, -0.25) is 4.79 Å². The molecule has 1 fully saturated rings. The molecule has 1 unspecified atom stereocenters. The van der Waals surface area contributed by atoms with Crippen LogP contribution in [0.1, 0.15) is 22.8 Å². The smallest absolute Gasteiger partial charge is 0.257 e. The maximum absolute atomic E-state index is 12.9. The Kier molecular flexibility index (Phi) is 6.03. The molecule has 0 spiro atoms. The molecule has 1 amide bonds. The van der Waals surface area contributed by atoms with Crippen molar-refractivity contribution < 1.29 is 4.79 Å². The summed E-state index contributed by atoms with van der Waals surface area (Å²) in [6.07, 6.45) is 7.28. The van der Waals surface area contributed by atoms with Crippen molar-refractivity contribution in [3.05, 3.63) is 78.8 Å². The zero-order chi connectivity index (χ0) is 22.9. The van der Waals surface area contributed by atoms with Crippen LogP contribution in [0.2, 0.25) is 0 Å². The van der Waals surface area contributed by atoms with Crippen LogP contribution >= 0.6 is 9.24 Å². The largest absolute Gasteiger partial charge is 0.356 e. The Morgan fingerprint density at radius 1 is 1.22 bits per heavy atom. The van der Waals surface area contributed by atoms with Gasteiger partial charge in [-0.1, -0.05) is 24.8 Å². The lowest BCUT2D eigenvalue weighted by Crippen LogP contribution is -2.58. The van der Waals surface area contributed by atoms with Crippen LogP contribution in [0.4, 0.5) is 11.6 Å². The van der Waals surface area contributed by atoms with Gasteiger partial charge in [0, 0.05) is 49.2 Å². The van der Waals surface area contributed by atoms with Gasteiger partial charge in [-0.25, -0.2) is 9.97 Å². The van der Waals surface area contributed by atoms with Gasteiger partial charge >= 0.3 is 0 Å². The number of nitrogens with one attached hydrogen (secondary N) is 1. The second-order valence-corrected chi connectivity index (χ2v) is 9.86. The number of benzene rings is 1. The Balaban J connectivity index is 1.55. The van der Waals surface area contributed by atoms with E-state index in [2.05, 4.69) is 56.0 Å². The summed E-state index contributed by atoms with van der Waals surface area (Å²) in [7, 11) is 7.03. The molecule has 0 aliphatic carbocycles. The maximum Gasteiger partial charge on any atom is 0.257 e. The molecule has 1 aromatic carbocycles. The van der Waals surface area contributed by atoms with E-state index in [0.29, 0.717) is 11.4 Å². The highest BCUT2D eigenvalue weighted by atomic mass is 31.0. The molecule has 1 saturated heterocycles. The van der Waals surface area contributed by atoms with Gasteiger partial charge in [0.05, 0.1) is 0 Å². The normalized spacial score (nSPS) is 15.2. The van der Waals surface area contributed by atoms with Crippen molar-refractivity contribution in [1.82, 2.24) is 14.9 Å². The van der Waals surface area contributed by atoms with Gasteiger partial charge in [0.25, 0.3) is 5.91 Å². The number of allylic oxidation sites excluding steroid dienone is 1. The first kappa shape index (κ1) is 22.0. The second-order valence-electron chi connectivity index (χ2n) is 8.47. The number of rotatable bonds is 6. The predicted molar refractivity (Wildman–Crippen MR) is 139 cm³/mol. The van der Waals surface area contributed by atoms with E-state index in [0.717, 1.165) is 40.9 Å². The van der Waals surface area contributed by atoms with Gasteiger partial charge in [0.2, 0.25) is 0 Å². The number of aromatic nitrogens is 2. The summed E-state index contributed by atoms with van der Waals surface area (Å²) < 4.78 is 0. The molecule has 0 radical (unpaired) electrons. The Hall–Kier alpha value is -3.18. The highest BCUT2D eigenvalue weighted by molar-refractivity contribution is 7.22. The summed E-state index contributed by atoms with van der Waals surface area (Å²) >= 11 is 0. The van der Waals surface area contributed by atoms with Crippen molar-refractivity contribution in [3.8, 4) is 0 Å². The maximum atomic E-state index is 12.9. The van der Waals surface area contributed by atoms with E-state index >= 15 is 0 Å². The molecule has 3 aromatic rings.